The summed E-state index contributed by atoms with van der Waals surface area (Å²) < 4.78 is 25.6. The fourth-order valence-electron chi connectivity index (χ4n) is 1.63. The zero-order chi connectivity index (χ0) is 14.4. The van der Waals surface area contributed by atoms with Gasteiger partial charge in [0.2, 0.25) is 5.91 Å². The normalized spacial score (nSPS) is 10.8. The first kappa shape index (κ1) is 15.2. The van der Waals surface area contributed by atoms with Crippen molar-refractivity contribution in [2.75, 3.05) is 17.6 Å². The average molecular weight is 271 g/mol. The van der Waals surface area contributed by atoms with E-state index in [0.717, 1.165) is 0 Å². The van der Waals surface area contributed by atoms with E-state index in [4.69, 9.17) is 5.73 Å². The van der Waals surface area contributed by atoms with Gasteiger partial charge in [-0.2, -0.15) is 0 Å². The Kier molecular flexibility index (Phi) is 5.54. The number of nitrogens with two attached hydrogens (primary N) is 1. The molecule has 0 heterocycles. The molecule has 1 aromatic carbocycles. The molecule has 0 aliphatic rings. The van der Waals surface area contributed by atoms with Gasteiger partial charge in [0.15, 0.2) is 0 Å². The summed E-state index contributed by atoms with van der Waals surface area (Å²) in [4.78, 5) is 11.4. The van der Waals surface area contributed by atoms with Crippen molar-refractivity contribution in [3.8, 4) is 0 Å². The molecule has 0 aliphatic carbocycles. The van der Waals surface area contributed by atoms with Crippen LogP contribution in [0.1, 0.15) is 32.3 Å². The predicted octanol–water partition coefficient (Wildman–Crippen LogP) is 2.53. The van der Waals surface area contributed by atoms with Crippen LogP contribution in [0, 0.1) is 0 Å². The van der Waals surface area contributed by atoms with Gasteiger partial charge in [-0.3, -0.25) is 4.79 Å². The van der Waals surface area contributed by atoms with Crippen molar-refractivity contribution in [2.45, 2.75) is 32.7 Å². The quantitative estimate of drug-likeness (QED) is 0.696. The lowest BCUT2D eigenvalue weighted by Crippen LogP contribution is -2.31. The maximum absolute atomic E-state index is 12.8. The number of alkyl halides is 2. The molecular weight excluding hydrogens is 252 g/mol. The second kappa shape index (κ2) is 6.92. The molecular formula is C13H19F2N3O. The van der Waals surface area contributed by atoms with Crippen LogP contribution in [0.2, 0.25) is 0 Å². The van der Waals surface area contributed by atoms with Gasteiger partial charge < -0.3 is 16.4 Å². The van der Waals surface area contributed by atoms with Crippen LogP contribution in [-0.2, 0) is 4.79 Å². The molecule has 106 valence electrons. The minimum atomic E-state index is -2.60. The Morgan fingerprint density at radius 3 is 2.63 bits per heavy atom. The first-order valence-corrected chi connectivity index (χ1v) is 6.11. The van der Waals surface area contributed by atoms with E-state index in [1.807, 2.05) is 13.8 Å². The fraction of sp³-hybridized carbons (Fsp3) is 0.462. The van der Waals surface area contributed by atoms with E-state index < -0.39 is 6.43 Å². The van der Waals surface area contributed by atoms with E-state index in [0.29, 0.717) is 17.9 Å². The number of anilines is 2. The van der Waals surface area contributed by atoms with Gasteiger partial charge in [0.1, 0.15) is 0 Å². The molecule has 0 radical (unpaired) electrons. The lowest BCUT2D eigenvalue weighted by atomic mass is 10.1. The van der Waals surface area contributed by atoms with Gasteiger partial charge in [-0.1, -0.05) is 0 Å². The first-order valence-electron chi connectivity index (χ1n) is 6.11. The molecule has 0 saturated heterocycles. The third-order valence-corrected chi connectivity index (χ3v) is 2.43. The summed E-state index contributed by atoms with van der Waals surface area (Å²) in [5.74, 6) is -0.114. The largest absolute Gasteiger partial charge is 0.399 e. The molecule has 0 bridgehead atoms. The molecule has 19 heavy (non-hydrogen) atoms. The number of carbonyl (C=O) groups is 1. The van der Waals surface area contributed by atoms with Crippen molar-refractivity contribution < 1.29 is 13.6 Å². The molecule has 6 heteroatoms. The lowest BCUT2D eigenvalue weighted by Gasteiger charge is -2.13. The predicted molar refractivity (Wildman–Crippen MR) is 72.2 cm³/mol. The molecule has 0 fully saturated rings. The summed E-state index contributed by atoms with van der Waals surface area (Å²) in [6.07, 6.45) is -2.37. The monoisotopic (exact) mass is 271 g/mol. The van der Waals surface area contributed by atoms with Crippen LogP contribution in [0.25, 0.3) is 0 Å². The number of carbonyl (C=O) groups excluding carboxylic acids is 1. The zero-order valence-electron chi connectivity index (χ0n) is 11.0. The summed E-state index contributed by atoms with van der Waals surface area (Å²) in [7, 11) is 0. The standard InChI is InChI=1S/C13H19F2N3O/c1-8(2)18-12(19)5-6-17-11-4-3-9(16)7-10(11)13(14)15/h3-4,7-8,13,17H,5-6,16H2,1-2H3,(H,18,19). The van der Waals surface area contributed by atoms with Gasteiger partial charge in [0.05, 0.1) is 0 Å². The maximum atomic E-state index is 12.8. The molecule has 0 saturated carbocycles. The van der Waals surface area contributed by atoms with Crippen molar-refractivity contribution in [1.29, 1.82) is 0 Å². The third kappa shape index (κ3) is 5.11. The molecule has 0 aromatic heterocycles. The number of halogens is 2. The Bertz CT molecular complexity index is 436. The Hall–Kier alpha value is -1.85. The first-order chi connectivity index (χ1) is 8.90. The van der Waals surface area contributed by atoms with E-state index in [1.54, 1.807) is 6.07 Å². The third-order valence-electron chi connectivity index (χ3n) is 2.43. The van der Waals surface area contributed by atoms with Crippen molar-refractivity contribution in [2.24, 2.45) is 0 Å². The topological polar surface area (TPSA) is 67.2 Å². The van der Waals surface area contributed by atoms with Crippen molar-refractivity contribution in [3.05, 3.63) is 23.8 Å². The summed E-state index contributed by atoms with van der Waals surface area (Å²) >= 11 is 0. The molecule has 0 unspecified atom stereocenters. The smallest absolute Gasteiger partial charge is 0.265 e. The van der Waals surface area contributed by atoms with Crippen LogP contribution in [0.5, 0.6) is 0 Å². The molecule has 4 N–H and O–H groups in total. The van der Waals surface area contributed by atoms with Crippen molar-refractivity contribution in [3.63, 3.8) is 0 Å². The van der Waals surface area contributed by atoms with Gasteiger partial charge in [0, 0.05) is 35.9 Å². The number of rotatable bonds is 6. The lowest BCUT2D eigenvalue weighted by molar-refractivity contribution is -0.121. The van der Waals surface area contributed by atoms with Crippen LogP contribution in [-0.4, -0.2) is 18.5 Å². The zero-order valence-corrected chi connectivity index (χ0v) is 11.0. The van der Waals surface area contributed by atoms with Gasteiger partial charge in [0.25, 0.3) is 6.43 Å². The Labute approximate surface area is 111 Å². The molecule has 1 aromatic rings. The van der Waals surface area contributed by atoms with E-state index >= 15 is 0 Å². The highest BCUT2D eigenvalue weighted by atomic mass is 19.3. The number of nitrogens with one attached hydrogen (secondary N) is 2. The minimum absolute atomic E-state index is 0.0700. The van der Waals surface area contributed by atoms with E-state index in [2.05, 4.69) is 10.6 Å². The molecule has 4 nitrogen and oxygen atoms in total. The highest BCUT2D eigenvalue weighted by Gasteiger charge is 2.13. The average Bonchev–Trinajstić information content (AvgIpc) is 2.29. The number of hydrogen-bond acceptors (Lipinski definition) is 3. The molecule has 0 aliphatic heterocycles. The van der Waals surface area contributed by atoms with Crippen LogP contribution in [0.4, 0.5) is 20.2 Å². The van der Waals surface area contributed by atoms with E-state index in [1.165, 1.54) is 12.1 Å². The second-order valence-electron chi connectivity index (χ2n) is 4.55. The van der Waals surface area contributed by atoms with Crippen molar-refractivity contribution >= 4 is 17.3 Å². The summed E-state index contributed by atoms with van der Waals surface area (Å²) in [5, 5.41) is 5.56. The van der Waals surface area contributed by atoms with Crippen LogP contribution in [0.3, 0.4) is 0 Å². The highest BCUT2D eigenvalue weighted by Crippen LogP contribution is 2.28. The summed E-state index contributed by atoms with van der Waals surface area (Å²) in [6.45, 7) is 4.02. The second-order valence-corrected chi connectivity index (χ2v) is 4.55. The van der Waals surface area contributed by atoms with Crippen molar-refractivity contribution in [1.82, 2.24) is 5.32 Å². The van der Waals surface area contributed by atoms with Crippen LogP contribution >= 0.6 is 0 Å². The van der Waals surface area contributed by atoms with E-state index in [9.17, 15) is 13.6 Å². The van der Waals surface area contributed by atoms with Gasteiger partial charge in [-0.25, -0.2) is 8.78 Å². The number of benzene rings is 1. The maximum Gasteiger partial charge on any atom is 0.265 e. The molecule has 1 amide bonds. The van der Waals surface area contributed by atoms with Gasteiger partial charge in [-0.05, 0) is 32.0 Å². The van der Waals surface area contributed by atoms with Gasteiger partial charge >= 0.3 is 0 Å². The number of nitrogen functional groups attached to an aromatic ring is 1. The summed E-state index contributed by atoms with van der Waals surface area (Å²) in [5.41, 5.74) is 5.92. The summed E-state index contributed by atoms with van der Waals surface area (Å²) in [6, 6.07) is 4.35. The minimum Gasteiger partial charge on any atom is -0.399 e. The molecule has 0 atom stereocenters. The number of amides is 1. The fourth-order valence-corrected chi connectivity index (χ4v) is 1.63. The molecule has 1 rings (SSSR count). The number of hydrogen-bond donors (Lipinski definition) is 3. The Morgan fingerprint density at radius 1 is 1.37 bits per heavy atom. The van der Waals surface area contributed by atoms with Crippen LogP contribution in [0.15, 0.2) is 18.2 Å². The van der Waals surface area contributed by atoms with Crippen LogP contribution < -0.4 is 16.4 Å². The Morgan fingerprint density at radius 2 is 2.05 bits per heavy atom. The Balaban J connectivity index is 2.56. The highest BCUT2D eigenvalue weighted by molar-refractivity contribution is 5.76. The molecule has 0 spiro atoms. The SMILES string of the molecule is CC(C)NC(=O)CCNc1ccc(N)cc1C(F)F. The van der Waals surface area contributed by atoms with Gasteiger partial charge in [-0.15, -0.1) is 0 Å². The van der Waals surface area contributed by atoms with E-state index in [-0.39, 0.29) is 23.9 Å².